The molecule has 1 heterocycles. The van der Waals surface area contributed by atoms with Gasteiger partial charge in [0.15, 0.2) is 5.76 Å². The fourth-order valence-electron chi connectivity index (χ4n) is 2.67. The first-order chi connectivity index (χ1) is 15.1. The number of nitrogens with one attached hydrogen (secondary N) is 3. The maximum Gasteiger partial charge on any atom is 0.412 e. The van der Waals surface area contributed by atoms with E-state index in [2.05, 4.69) is 16.0 Å². The SMILES string of the molecule is CC(C)(C)OC(=O)Nc1cccc(C(=O)Nc2ccc(Cl)cc2NC(=O)c2ccco2)c1. The van der Waals surface area contributed by atoms with Gasteiger partial charge in [-0.15, -0.1) is 0 Å². The third kappa shape index (κ3) is 6.36. The molecule has 8 nitrogen and oxygen atoms in total. The fraction of sp³-hybridized carbons (Fsp3) is 0.174. The standard InChI is InChI=1S/C23H22ClN3O5/c1-23(2,3)32-22(30)25-16-7-4-6-14(12-16)20(28)26-17-10-9-15(24)13-18(17)27-21(29)19-8-5-11-31-19/h4-13H,1-3H3,(H,25,30)(H,26,28)(H,27,29). The highest BCUT2D eigenvalue weighted by Crippen LogP contribution is 2.27. The van der Waals surface area contributed by atoms with E-state index in [0.717, 1.165) is 0 Å². The molecule has 1 aromatic heterocycles. The van der Waals surface area contributed by atoms with Crippen molar-refractivity contribution in [2.75, 3.05) is 16.0 Å². The molecule has 0 aliphatic carbocycles. The predicted molar refractivity (Wildman–Crippen MR) is 122 cm³/mol. The molecule has 3 amide bonds. The molecular formula is C23H22ClN3O5. The number of rotatable bonds is 5. The Balaban J connectivity index is 1.74. The summed E-state index contributed by atoms with van der Waals surface area (Å²) < 4.78 is 10.3. The molecule has 0 aliphatic rings. The van der Waals surface area contributed by atoms with Crippen molar-refractivity contribution in [1.82, 2.24) is 0 Å². The van der Waals surface area contributed by atoms with E-state index >= 15 is 0 Å². The summed E-state index contributed by atoms with van der Waals surface area (Å²) in [5.41, 5.74) is 0.677. The average Bonchev–Trinajstić information content (AvgIpc) is 3.23. The number of hydrogen-bond donors (Lipinski definition) is 3. The smallest absolute Gasteiger partial charge is 0.412 e. The van der Waals surface area contributed by atoms with Gasteiger partial charge in [-0.25, -0.2) is 4.79 Å². The molecule has 0 fully saturated rings. The van der Waals surface area contributed by atoms with Gasteiger partial charge < -0.3 is 19.8 Å². The molecular weight excluding hydrogens is 434 g/mol. The van der Waals surface area contributed by atoms with Gasteiger partial charge in [0.05, 0.1) is 17.6 Å². The van der Waals surface area contributed by atoms with Crippen LogP contribution in [0.5, 0.6) is 0 Å². The van der Waals surface area contributed by atoms with E-state index in [1.807, 2.05) is 0 Å². The number of amides is 3. The van der Waals surface area contributed by atoms with E-state index in [1.165, 1.54) is 24.5 Å². The molecule has 166 valence electrons. The van der Waals surface area contributed by atoms with Gasteiger partial charge in [0, 0.05) is 16.3 Å². The van der Waals surface area contributed by atoms with Crippen molar-refractivity contribution in [2.45, 2.75) is 26.4 Å². The summed E-state index contributed by atoms with van der Waals surface area (Å²) in [6.07, 6.45) is 0.754. The molecule has 9 heteroatoms. The van der Waals surface area contributed by atoms with Crippen molar-refractivity contribution in [3.63, 3.8) is 0 Å². The highest BCUT2D eigenvalue weighted by Gasteiger charge is 2.17. The van der Waals surface area contributed by atoms with E-state index in [1.54, 1.807) is 57.2 Å². The van der Waals surface area contributed by atoms with E-state index in [0.29, 0.717) is 22.1 Å². The molecule has 3 rings (SSSR count). The second kappa shape index (κ2) is 9.57. The van der Waals surface area contributed by atoms with Gasteiger partial charge >= 0.3 is 6.09 Å². The quantitative estimate of drug-likeness (QED) is 0.451. The zero-order chi connectivity index (χ0) is 23.3. The Kier molecular flexibility index (Phi) is 6.85. The Morgan fingerprint density at radius 2 is 1.62 bits per heavy atom. The lowest BCUT2D eigenvalue weighted by atomic mass is 10.1. The molecule has 0 saturated carbocycles. The van der Waals surface area contributed by atoms with Crippen LogP contribution in [-0.4, -0.2) is 23.5 Å². The molecule has 0 atom stereocenters. The minimum absolute atomic E-state index is 0.114. The number of benzene rings is 2. The van der Waals surface area contributed by atoms with Crippen LogP contribution < -0.4 is 16.0 Å². The number of hydrogen-bond acceptors (Lipinski definition) is 5. The Morgan fingerprint density at radius 3 is 2.31 bits per heavy atom. The second-order valence-electron chi connectivity index (χ2n) is 7.78. The van der Waals surface area contributed by atoms with E-state index in [9.17, 15) is 14.4 Å². The van der Waals surface area contributed by atoms with Crippen LogP contribution in [0, 0.1) is 0 Å². The molecule has 0 saturated heterocycles. The van der Waals surface area contributed by atoms with Gasteiger partial charge in [-0.3, -0.25) is 14.9 Å². The van der Waals surface area contributed by atoms with Crippen LogP contribution in [0.2, 0.25) is 5.02 Å². The first-order valence-corrected chi connectivity index (χ1v) is 10.0. The molecule has 0 unspecified atom stereocenters. The molecule has 0 spiro atoms. The molecule has 3 N–H and O–H groups in total. The van der Waals surface area contributed by atoms with Crippen molar-refractivity contribution < 1.29 is 23.5 Å². The van der Waals surface area contributed by atoms with Crippen LogP contribution >= 0.6 is 11.6 Å². The summed E-state index contributed by atoms with van der Waals surface area (Å²) in [6.45, 7) is 5.26. The Bertz CT molecular complexity index is 1140. The maximum atomic E-state index is 12.8. The topological polar surface area (TPSA) is 110 Å². The van der Waals surface area contributed by atoms with E-state index in [-0.39, 0.29) is 11.3 Å². The molecule has 3 aromatic rings. The molecule has 0 aliphatic heterocycles. The molecule has 0 bridgehead atoms. The van der Waals surface area contributed by atoms with Crippen LogP contribution in [0.1, 0.15) is 41.7 Å². The summed E-state index contributed by atoms with van der Waals surface area (Å²) in [5, 5.41) is 8.37. The second-order valence-corrected chi connectivity index (χ2v) is 8.22. The number of furan rings is 1. The summed E-state index contributed by atoms with van der Waals surface area (Å²) >= 11 is 6.05. The lowest BCUT2D eigenvalue weighted by molar-refractivity contribution is 0.0635. The largest absolute Gasteiger partial charge is 0.459 e. The predicted octanol–water partition coefficient (Wildman–Crippen LogP) is 5.78. The van der Waals surface area contributed by atoms with Gasteiger partial charge in [-0.2, -0.15) is 0 Å². The van der Waals surface area contributed by atoms with Crippen molar-refractivity contribution in [2.24, 2.45) is 0 Å². The summed E-state index contributed by atoms with van der Waals surface area (Å²) in [7, 11) is 0. The summed E-state index contributed by atoms with van der Waals surface area (Å²) in [5.74, 6) is -0.826. The van der Waals surface area contributed by atoms with Gasteiger partial charge in [0.25, 0.3) is 11.8 Å². The van der Waals surface area contributed by atoms with Crippen LogP contribution in [0.15, 0.2) is 65.3 Å². The zero-order valence-corrected chi connectivity index (χ0v) is 18.4. The minimum Gasteiger partial charge on any atom is -0.459 e. The van der Waals surface area contributed by atoms with Crippen LogP contribution in [0.3, 0.4) is 0 Å². The fourth-order valence-corrected chi connectivity index (χ4v) is 2.85. The zero-order valence-electron chi connectivity index (χ0n) is 17.7. The molecule has 2 aromatic carbocycles. The van der Waals surface area contributed by atoms with Crippen molar-refractivity contribution in [1.29, 1.82) is 0 Å². The number of carbonyl (C=O) groups is 3. The van der Waals surface area contributed by atoms with Gasteiger partial charge in [0.2, 0.25) is 0 Å². The first kappa shape index (κ1) is 22.9. The first-order valence-electron chi connectivity index (χ1n) is 9.66. The highest BCUT2D eigenvalue weighted by molar-refractivity contribution is 6.31. The van der Waals surface area contributed by atoms with Crippen LogP contribution in [-0.2, 0) is 4.74 Å². The maximum absolute atomic E-state index is 12.8. The van der Waals surface area contributed by atoms with E-state index in [4.69, 9.17) is 20.8 Å². The Labute approximate surface area is 189 Å². The Hall–Kier alpha value is -3.78. The minimum atomic E-state index is -0.649. The van der Waals surface area contributed by atoms with Crippen molar-refractivity contribution in [3.05, 3.63) is 77.2 Å². The monoisotopic (exact) mass is 455 g/mol. The van der Waals surface area contributed by atoms with Gasteiger partial charge in [0.1, 0.15) is 5.60 Å². The number of halogens is 1. The third-order valence-corrected chi connectivity index (χ3v) is 4.23. The molecule has 0 radical (unpaired) electrons. The average molecular weight is 456 g/mol. The lowest BCUT2D eigenvalue weighted by Gasteiger charge is -2.19. The Morgan fingerprint density at radius 1 is 0.875 bits per heavy atom. The van der Waals surface area contributed by atoms with Gasteiger partial charge in [-0.05, 0) is 69.3 Å². The normalized spacial score (nSPS) is 10.9. The summed E-state index contributed by atoms with van der Waals surface area (Å²) in [4.78, 5) is 37.1. The van der Waals surface area contributed by atoms with Crippen LogP contribution in [0.25, 0.3) is 0 Å². The highest BCUT2D eigenvalue weighted by atomic mass is 35.5. The van der Waals surface area contributed by atoms with Gasteiger partial charge in [-0.1, -0.05) is 17.7 Å². The van der Waals surface area contributed by atoms with Crippen molar-refractivity contribution >= 4 is 46.6 Å². The summed E-state index contributed by atoms with van der Waals surface area (Å²) in [6, 6.07) is 14.1. The molecule has 32 heavy (non-hydrogen) atoms. The van der Waals surface area contributed by atoms with Crippen molar-refractivity contribution in [3.8, 4) is 0 Å². The van der Waals surface area contributed by atoms with E-state index < -0.39 is 23.5 Å². The number of carbonyl (C=O) groups excluding carboxylic acids is 3. The number of ether oxygens (including phenoxy) is 1. The van der Waals surface area contributed by atoms with Crippen LogP contribution in [0.4, 0.5) is 21.9 Å². The third-order valence-electron chi connectivity index (χ3n) is 3.99. The number of anilines is 3. The lowest BCUT2D eigenvalue weighted by Crippen LogP contribution is -2.27.